The highest BCUT2D eigenvalue weighted by Gasteiger charge is 2.33. The minimum Gasteiger partial charge on any atom is -0.383 e. The van der Waals surface area contributed by atoms with E-state index in [1.807, 2.05) is 0 Å². The summed E-state index contributed by atoms with van der Waals surface area (Å²) in [5, 5.41) is 12.1. The van der Waals surface area contributed by atoms with Crippen LogP contribution in [0.5, 0.6) is 0 Å². The largest absolute Gasteiger partial charge is 0.416 e. The van der Waals surface area contributed by atoms with Gasteiger partial charge < -0.3 is 5.73 Å². The Labute approximate surface area is 173 Å². The van der Waals surface area contributed by atoms with Gasteiger partial charge >= 0.3 is 6.18 Å². The molecular weight excluding hydrogens is 489 g/mol. The third-order valence-electron chi connectivity index (χ3n) is 3.28. The summed E-state index contributed by atoms with van der Waals surface area (Å²) >= 11 is 10.2. The number of nitrogen functional groups attached to an aromatic ring is 1. The first-order valence-electron chi connectivity index (χ1n) is 7.10. The number of aromatic nitrogens is 2. The van der Waals surface area contributed by atoms with Gasteiger partial charge in [0.15, 0.2) is 0 Å². The molecule has 0 radical (unpaired) electrons. The number of thioether (sulfide) groups is 1. The second-order valence-corrected chi connectivity index (χ2v) is 8.75. The number of hydrogen-bond donors (Lipinski definition) is 2. The number of benzene rings is 1. The first-order valence-corrected chi connectivity index (χ1v) is 10.8. The molecule has 1 unspecified atom stereocenters. The predicted molar refractivity (Wildman–Crippen MR) is 108 cm³/mol. The van der Waals surface area contributed by atoms with Gasteiger partial charge in [0.25, 0.3) is 0 Å². The standard InChI is InChI=1S/C15H13BrClF3N4OS2/c1-3-4-26-14(22)10-12(27(2)25)13(21)24(23-10)11-8(16)5-7(6-9(11)17)15(18,19)20/h3,5-6,22H,1,4,21H2,2H3. The normalized spacial score (nSPS) is 12.8. The molecule has 0 saturated heterocycles. The van der Waals surface area contributed by atoms with Crippen molar-refractivity contribution < 1.29 is 17.4 Å². The summed E-state index contributed by atoms with van der Waals surface area (Å²) in [5.74, 6) is 0.351. The lowest BCUT2D eigenvalue weighted by Crippen LogP contribution is -2.09. The van der Waals surface area contributed by atoms with E-state index >= 15 is 0 Å². The SMILES string of the molecule is C=CCSC(=N)c1nn(-c2c(Cl)cc(C(F)(F)F)cc2Br)c(N)c1S(C)=O. The molecule has 146 valence electrons. The third-order valence-corrected chi connectivity index (χ3v) is 6.03. The topological polar surface area (TPSA) is 84.8 Å². The Morgan fingerprint density at radius 2 is 2.19 bits per heavy atom. The van der Waals surface area contributed by atoms with Crippen LogP contribution < -0.4 is 5.73 Å². The number of alkyl halides is 3. The van der Waals surface area contributed by atoms with Crippen molar-refractivity contribution in [1.82, 2.24) is 9.78 Å². The maximum absolute atomic E-state index is 13.0. The van der Waals surface area contributed by atoms with Crippen LogP contribution in [-0.2, 0) is 17.0 Å². The Bertz CT molecular complexity index is 923. The van der Waals surface area contributed by atoms with E-state index in [-0.39, 0.29) is 36.6 Å². The van der Waals surface area contributed by atoms with E-state index in [4.69, 9.17) is 22.7 Å². The van der Waals surface area contributed by atoms with Crippen molar-refractivity contribution in [1.29, 1.82) is 5.41 Å². The second kappa shape index (κ2) is 8.38. The Hall–Kier alpha value is -1.30. The van der Waals surface area contributed by atoms with Gasteiger partial charge in [-0.1, -0.05) is 17.7 Å². The van der Waals surface area contributed by atoms with Crippen molar-refractivity contribution in [3.8, 4) is 5.69 Å². The van der Waals surface area contributed by atoms with Gasteiger partial charge in [0.2, 0.25) is 0 Å². The zero-order chi connectivity index (χ0) is 20.5. The van der Waals surface area contributed by atoms with E-state index in [0.717, 1.165) is 28.6 Å². The molecule has 1 aromatic heterocycles. The molecule has 2 rings (SSSR count). The van der Waals surface area contributed by atoms with Crippen molar-refractivity contribution in [3.05, 3.63) is 45.5 Å². The fourth-order valence-electron chi connectivity index (χ4n) is 2.16. The highest BCUT2D eigenvalue weighted by atomic mass is 79.9. The Kier molecular flexibility index (Phi) is 6.82. The molecule has 0 aliphatic rings. The van der Waals surface area contributed by atoms with Crippen LogP contribution in [0.1, 0.15) is 11.3 Å². The van der Waals surface area contributed by atoms with Crippen LogP contribution in [0.4, 0.5) is 19.0 Å². The van der Waals surface area contributed by atoms with Crippen LogP contribution in [0.25, 0.3) is 5.69 Å². The average molecular weight is 502 g/mol. The van der Waals surface area contributed by atoms with E-state index in [1.165, 1.54) is 6.26 Å². The van der Waals surface area contributed by atoms with Crippen molar-refractivity contribution in [3.63, 3.8) is 0 Å². The van der Waals surface area contributed by atoms with E-state index in [1.54, 1.807) is 6.08 Å². The summed E-state index contributed by atoms with van der Waals surface area (Å²) in [6, 6.07) is 1.60. The van der Waals surface area contributed by atoms with Gasteiger partial charge in [0.1, 0.15) is 21.5 Å². The number of hydrogen-bond acceptors (Lipinski definition) is 5. The minimum atomic E-state index is -4.58. The monoisotopic (exact) mass is 500 g/mol. The lowest BCUT2D eigenvalue weighted by atomic mass is 10.2. The summed E-state index contributed by atoms with van der Waals surface area (Å²) in [6.07, 6.45) is -1.62. The molecule has 0 spiro atoms. The van der Waals surface area contributed by atoms with Crippen molar-refractivity contribution in [2.24, 2.45) is 0 Å². The molecule has 0 saturated carbocycles. The smallest absolute Gasteiger partial charge is 0.383 e. The fraction of sp³-hybridized carbons (Fsp3) is 0.200. The maximum atomic E-state index is 13.0. The van der Waals surface area contributed by atoms with Gasteiger partial charge in [0, 0.05) is 16.5 Å². The number of halogens is 5. The first-order chi connectivity index (χ1) is 12.5. The molecular formula is C15H13BrClF3N4OS2. The van der Waals surface area contributed by atoms with Crippen LogP contribution in [0.3, 0.4) is 0 Å². The lowest BCUT2D eigenvalue weighted by Gasteiger charge is -2.13. The zero-order valence-electron chi connectivity index (χ0n) is 13.7. The molecule has 5 nitrogen and oxygen atoms in total. The van der Waals surface area contributed by atoms with Gasteiger partial charge in [0.05, 0.1) is 27.1 Å². The van der Waals surface area contributed by atoms with Gasteiger partial charge in [-0.05, 0) is 28.1 Å². The molecule has 0 amide bonds. The molecule has 27 heavy (non-hydrogen) atoms. The van der Waals surface area contributed by atoms with Crippen molar-refractivity contribution >= 4 is 61.0 Å². The van der Waals surface area contributed by atoms with Gasteiger partial charge in [-0.3, -0.25) is 9.62 Å². The summed E-state index contributed by atoms with van der Waals surface area (Å²) in [4.78, 5) is 0.111. The van der Waals surface area contributed by atoms with Crippen molar-refractivity contribution in [2.45, 2.75) is 11.1 Å². The number of nitrogens with one attached hydrogen (secondary N) is 1. The molecule has 3 N–H and O–H groups in total. The summed E-state index contributed by atoms with van der Waals surface area (Å²) in [6.45, 7) is 3.56. The quantitative estimate of drug-likeness (QED) is 0.348. The first kappa shape index (κ1) is 22.0. The maximum Gasteiger partial charge on any atom is 0.416 e. The average Bonchev–Trinajstić information content (AvgIpc) is 2.88. The van der Waals surface area contributed by atoms with Crippen LogP contribution in [0, 0.1) is 5.41 Å². The molecule has 0 bridgehead atoms. The predicted octanol–water partition coefficient (Wildman–Crippen LogP) is 4.87. The van der Waals surface area contributed by atoms with Crippen LogP contribution in [0.15, 0.2) is 34.2 Å². The van der Waals surface area contributed by atoms with E-state index in [2.05, 4.69) is 27.6 Å². The summed E-state index contributed by atoms with van der Waals surface area (Å²) < 4.78 is 52.1. The van der Waals surface area contributed by atoms with Gasteiger partial charge in [-0.2, -0.15) is 18.3 Å². The number of nitrogens with zero attached hydrogens (tertiary/aromatic N) is 2. The fourth-order valence-corrected chi connectivity index (χ4v) is 4.63. The number of nitrogens with two attached hydrogens (primary N) is 1. The highest BCUT2D eigenvalue weighted by Crippen LogP contribution is 2.39. The zero-order valence-corrected chi connectivity index (χ0v) is 17.7. The van der Waals surface area contributed by atoms with E-state index in [0.29, 0.717) is 5.75 Å². The van der Waals surface area contributed by atoms with Crippen LogP contribution in [-0.4, -0.2) is 31.0 Å². The van der Waals surface area contributed by atoms with Crippen LogP contribution >= 0.6 is 39.3 Å². The molecule has 0 aliphatic heterocycles. The number of anilines is 1. The molecule has 1 aromatic carbocycles. The van der Waals surface area contributed by atoms with Gasteiger partial charge in [-0.25, -0.2) is 4.68 Å². The third kappa shape index (κ3) is 4.58. The number of rotatable bonds is 5. The van der Waals surface area contributed by atoms with Crippen molar-refractivity contribution in [2.75, 3.05) is 17.7 Å². The minimum absolute atomic E-state index is 0.00165. The highest BCUT2D eigenvalue weighted by molar-refractivity contribution is 9.10. The summed E-state index contributed by atoms with van der Waals surface area (Å²) in [5.41, 5.74) is 5.23. The van der Waals surface area contributed by atoms with E-state index < -0.39 is 22.5 Å². The van der Waals surface area contributed by atoms with Gasteiger partial charge in [-0.15, -0.1) is 18.3 Å². The van der Waals surface area contributed by atoms with Crippen LogP contribution in [0.2, 0.25) is 5.02 Å². The molecule has 1 heterocycles. The molecule has 12 heteroatoms. The molecule has 2 aromatic rings. The molecule has 0 fully saturated rings. The summed E-state index contributed by atoms with van der Waals surface area (Å²) in [7, 11) is -1.59. The Morgan fingerprint density at radius 3 is 2.67 bits per heavy atom. The van der Waals surface area contributed by atoms with E-state index in [9.17, 15) is 17.4 Å². The molecule has 0 aliphatic carbocycles. The Balaban J connectivity index is 2.68. The Morgan fingerprint density at radius 1 is 1.56 bits per heavy atom. The lowest BCUT2D eigenvalue weighted by molar-refractivity contribution is -0.137. The second-order valence-electron chi connectivity index (χ2n) is 5.14. The molecule has 1 atom stereocenters.